The van der Waals surface area contributed by atoms with Crippen LogP contribution in [0.2, 0.25) is 0 Å². The van der Waals surface area contributed by atoms with Gasteiger partial charge < -0.3 is 9.80 Å². The second-order valence-electron chi connectivity index (χ2n) is 8.49. The predicted molar refractivity (Wildman–Crippen MR) is 120 cm³/mol. The highest BCUT2D eigenvalue weighted by Gasteiger charge is 2.21. The van der Waals surface area contributed by atoms with Gasteiger partial charge in [0.05, 0.1) is 11.7 Å². The molecule has 0 bridgehead atoms. The Morgan fingerprint density at radius 3 is 2.39 bits per heavy atom. The van der Waals surface area contributed by atoms with Gasteiger partial charge in [-0.05, 0) is 50.6 Å². The van der Waals surface area contributed by atoms with Crippen molar-refractivity contribution in [3.63, 3.8) is 0 Å². The van der Waals surface area contributed by atoms with Crippen LogP contribution >= 0.6 is 11.3 Å². The molecular weight excluding hydrogens is 364 g/mol. The van der Waals surface area contributed by atoms with E-state index >= 15 is 0 Å². The fraction of sp³-hybridized carbons (Fsp3) is 0.522. The third-order valence-electron chi connectivity index (χ3n) is 6.51. The molecule has 5 rings (SSSR count). The summed E-state index contributed by atoms with van der Waals surface area (Å²) in [5.74, 6) is 0. The number of rotatable bonds is 3. The fourth-order valence-corrected chi connectivity index (χ4v) is 5.93. The first-order valence-corrected chi connectivity index (χ1v) is 11.5. The van der Waals surface area contributed by atoms with Crippen molar-refractivity contribution in [2.24, 2.45) is 0 Å². The lowest BCUT2D eigenvalue weighted by Gasteiger charge is -2.34. The van der Waals surface area contributed by atoms with Crippen molar-refractivity contribution in [2.75, 3.05) is 38.1 Å². The van der Waals surface area contributed by atoms with Crippen molar-refractivity contribution in [1.82, 2.24) is 14.7 Å². The molecule has 2 aliphatic rings. The van der Waals surface area contributed by atoms with Crippen molar-refractivity contribution in [1.29, 1.82) is 0 Å². The van der Waals surface area contributed by atoms with E-state index in [0.29, 0.717) is 6.04 Å². The van der Waals surface area contributed by atoms with Gasteiger partial charge in [0.15, 0.2) is 0 Å². The Labute approximate surface area is 171 Å². The number of hydrogen-bond acceptors (Lipinski definition) is 4. The van der Waals surface area contributed by atoms with E-state index in [4.69, 9.17) is 5.10 Å². The van der Waals surface area contributed by atoms with E-state index in [1.165, 1.54) is 64.1 Å². The zero-order valence-electron chi connectivity index (χ0n) is 17.0. The Morgan fingerprint density at radius 1 is 0.964 bits per heavy atom. The number of benzene rings is 1. The maximum atomic E-state index is 4.91. The second kappa shape index (κ2) is 7.53. The molecule has 2 fully saturated rings. The average molecular weight is 395 g/mol. The van der Waals surface area contributed by atoms with Gasteiger partial charge in [-0.3, -0.25) is 4.68 Å². The zero-order valence-corrected chi connectivity index (χ0v) is 17.8. The van der Waals surface area contributed by atoms with Gasteiger partial charge in [0, 0.05) is 42.1 Å². The van der Waals surface area contributed by atoms with Crippen LogP contribution in [-0.4, -0.2) is 47.9 Å². The molecule has 5 heteroatoms. The summed E-state index contributed by atoms with van der Waals surface area (Å²) in [6, 6.07) is 12.1. The van der Waals surface area contributed by atoms with Gasteiger partial charge in [0.2, 0.25) is 0 Å². The van der Waals surface area contributed by atoms with Gasteiger partial charge in [-0.1, -0.05) is 31.4 Å². The van der Waals surface area contributed by atoms with E-state index < -0.39 is 0 Å². The summed E-state index contributed by atoms with van der Waals surface area (Å²) in [4.78, 5) is 7.63. The van der Waals surface area contributed by atoms with Crippen molar-refractivity contribution in [3.8, 4) is 10.4 Å². The average Bonchev–Trinajstić information content (AvgIpc) is 3.30. The minimum atomic E-state index is 0.594. The number of fused-ring (bicyclic) bond motifs is 1. The molecule has 3 heterocycles. The number of aromatic nitrogens is 2. The quantitative estimate of drug-likeness (QED) is 0.600. The lowest BCUT2D eigenvalue weighted by Crippen LogP contribution is -2.44. The number of hydrogen-bond donors (Lipinski definition) is 0. The van der Waals surface area contributed by atoms with Crippen LogP contribution in [0.25, 0.3) is 20.7 Å². The number of anilines is 1. The number of piperazine rings is 1. The minimum absolute atomic E-state index is 0.594. The minimum Gasteiger partial charge on any atom is -0.369 e. The van der Waals surface area contributed by atoms with Crippen LogP contribution in [0.5, 0.6) is 0 Å². The molecule has 2 aromatic heterocycles. The molecule has 1 saturated carbocycles. The smallest absolute Gasteiger partial charge is 0.122 e. The lowest BCUT2D eigenvalue weighted by molar-refractivity contribution is 0.313. The Balaban J connectivity index is 1.41. The van der Waals surface area contributed by atoms with Crippen LogP contribution in [0.1, 0.15) is 43.8 Å². The summed E-state index contributed by atoms with van der Waals surface area (Å²) < 4.78 is 2.34. The van der Waals surface area contributed by atoms with E-state index in [0.717, 1.165) is 26.2 Å². The molecule has 28 heavy (non-hydrogen) atoms. The largest absolute Gasteiger partial charge is 0.369 e. The maximum absolute atomic E-state index is 4.91. The molecule has 1 aliphatic heterocycles. The highest BCUT2D eigenvalue weighted by molar-refractivity contribution is 7.22. The molecular formula is C23H30N4S. The first kappa shape index (κ1) is 18.2. The van der Waals surface area contributed by atoms with E-state index in [2.05, 4.69) is 58.8 Å². The van der Waals surface area contributed by atoms with E-state index in [1.807, 2.05) is 11.3 Å². The molecule has 0 spiro atoms. The standard InChI is InChI=1S/C23H30N4S/c1-17-21-16-22(28-23(21)27(24-17)20-6-4-3-5-7-20)18-8-10-19(11-9-18)26-14-12-25(2)13-15-26/h8-11,16,20H,3-7,12-15H2,1-2H3. The lowest BCUT2D eigenvalue weighted by atomic mass is 9.96. The summed E-state index contributed by atoms with van der Waals surface area (Å²) in [5, 5.41) is 6.25. The van der Waals surface area contributed by atoms with Crippen molar-refractivity contribution in [2.45, 2.75) is 45.1 Å². The second-order valence-corrected chi connectivity index (χ2v) is 9.52. The molecule has 148 valence electrons. The highest BCUT2D eigenvalue weighted by Crippen LogP contribution is 2.39. The third kappa shape index (κ3) is 3.35. The molecule has 1 aromatic carbocycles. The fourth-order valence-electron chi connectivity index (χ4n) is 4.69. The van der Waals surface area contributed by atoms with E-state index in [-0.39, 0.29) is 0 Å². The molecule has 0 atom stereocenters. The zero-order chi connectivity index (χ0) is 19.1. The molecule has 0 N–H and O–H groups in total. The molecule has 3 aromatic rings. The predicted octanol–water partition coefficient (Wildman–Crippen LogP) is 5.33. The molecule has 0 amide bonds. The van der Waals surface area contributed by atoms with Gasteiger partial charge in [0.25, 0.3) is 0 Å². The van der Waals surface area contributed by atoms with E-state index in [1.54, 1.807) is 0 Å². The summed E-state index contributed by atoms with van der Waals surface area (Å²) in [5.41, 5.74) is 3.85. The van der Waals surface area contributed by atoms with Gasteiger partial charge >= 0.3 is 0 Å². The maximum Gasteiger partial charge on any atom is 0.122 e. The summed E-state index contributed by atoms with van der Waals surface area (Å²) in [7, 11) is 2.21. The topological polar surface area (TPSA) is 24.3 Å². The molecule has 1 saturated heterocycles. The van der Waals surface area contributed by atoms with Crippen molar-refractivity contribution >= 4 is 27.2 Å². The van der Waals surface area contributed by atoms with Gasteiger partial charge in [-0.25, -0.2) is 0 Å². The summed E-state index contributed by atoms with van der Waals surface area (Å²) in [6.07, 6.45) is 6.63. The number of aryl methyl sites for hydroxylation is 1. The summed E-state index contributed by atoms with van der Waals surface area (Å²) >= 11 is 1.91. The Bertz CT molecular complexity index is 941. The third-order valence-corrected chi connectivity index (χ3v) is 7.68. The van der Waals surface area contributed by atoms with Gasteiger partial charge in [0.1, 0.15) is 4.83 Å². The Hall–Kier alpha value is -1.85. The molecule has 0 unspecified atom stereocenters. The van der Waals surface area contributed by atoms with Crippen molar-refractivity contribution in [3.05, 3.63) is 36.0 Å². The first-order valence-electron chi connectivity index (χ1n) is 10.7. The number of thiophene rings is 1. The molecule has 0 radical (unpaired) electrons. The van der Waals surface area contributed by atoms with Gasteiger partial charge in [-0.2, -0.15) is 5.10 Å². The van der Waals surface area contributed by atoms with Crippen LogP contribution in [-0.2, 0) is 0 Å². The number of nitrogens with zero attached hydrogens (tertiary/aromatic N) is 4. The van der Waals surface area contributed by atoms with Crippen LogP contribution in [0.15, 0.2) is 30.3 Å². The van der Waals surface area contributed by atoms with Gasteiger partial charge in [-0.15, -0.1) is 11.3 Å². The van der Waals surface area contributed by atoms with Crippen LogP contribution in [0.3, 0.4) is 0 Å². The monoisotopic (exact) mass is 394 g/mol. The van der Waals surface area contributed by atoms with E-state index in [9.17, 15) is 0 Å². The molecule has 4 nitrogen and oxygen atoms in total. The highest BCUT2D eigenvalue weighted by atomic mass is 32.1. The Morgan fingerprint density at radius 2 is 1.68 bits per heavy atom. The van der Waals surface area contributed by atoms with Crippen LogP contribution < -0.4 is 4.90 Å². The Kier molecular flexibility index (Phi) is 4.89. The van der Waals surface area contributed by atoms with Crippen LogP contribution in [0, 0.1) is 6.92 Å². The van der Waals surface area contributed by atoms with Crippen molar-refractivity contribution < 1.29 is 0 Å². The number of likely N-dealkylation sites (N-methyl/N-ethyl adjacent to an activating group) is 1. The normalized spacial score (nSPS) is 19.6. The van der Waals surface area contributed by atoms with Crippen LogP contribution in [0.4, 0.5) is 5.69 Å². The summed E-state index contributed by atoms with van der Waals surface area (Å²) in [6.45, 7) is 6.70. The molecule has 1 aliphatic carbocycles. The first-order chi connectivity index (χ1) is 13.7. The SMILES string of the molecule is Cc1nn(C2CCCCC2)c2sc(-c3ccc(N4CCN(C)CC4)cc3)cc12.